The van der Waals surface area contributed by atoms with E-state index in [1.54, 1.807) is 15.8 Å². The lowest BCUT2D eigenvalue weighted by Gasteiger charge is -2.34. The molecule has 1 aromatic heterocycles. The van der Waals surface area contributed by atoms with Crippen LogP contribution in [0.4, 0.5) is 4.79 Å². The maximum atomic E-state index is 12.2. The van der Waals surface area contributed by atoms with Crippen molar-refractivity contribution in [2.75, 3.05) is 13.1 Å². The predicted octanol–water partition coefficient (Wildman–Crippen LogP) is 1.16. The number of carbonyl (C=O) groups excluding carboxylic acids is 1. The van der Waals surface area contributed by atoms with Gasteiger partial charge in [0.2, 0.25) is 0 Å². The summed E-state index contributed by atoms with van der Waals surface area (Å²) in [5.74, 6) is -1.10. The van der Waals surface area contributed by atoms with Gasteiger partial charge in [-0.05, 0) is 19.3 Å². The largest absolute Gasteiger partial charge is 0.481 e. The molecule has 0 aliphatic carbocycles. The minimum Gasteiger partial charge on any atom is -0.481 e. The van der Waals surface area contributed by atoms with Crippen molar-refractivity contribution in [3.63, 3.8) is 0 Å². The number of aryl methyl sites for hydroxylation is 1. The molecular weight excluding hydrogens is 272 g/mol. The van der Waals surface area contributed by atoms with Crippen LogP contribution in [-0.2, 0) is 17.9 Å². The summed E-state index contributed by atoms with van der Waals surface area (Å²) in [5, 5.41) is 16.1. The molecular formula is C14H22N4O3. The number of piperidine rings is 1. The molecule has 0 bridgehead atoms. The van der Waals surface area contributed by atoms with Gasteiger partial charge >= 0.3 is 12.0 Å². The third kappa shape index (κ3) is 3.96. The van der Waals surface area contributed by atoms with E-state index >= 15 is 0 Å². The van der Waals surface area contributed by atoms with Crippen molar-refractivity contribution in [3.05, 3.63) is 18.0 Å². The fraction of sp³-hybridized carbons (Fsp3) is 0.643. The molecule has 116 valence electrons. The first-order chi connectivity index (χ1) is 9.99. The lowest BCUT2D eigenvalue weighted by molar-refractivity contribution is -0.143. The molecule has 21 heavy (non-hydrogen) atoms. The van der Waals surface area contributed by atoms with Crippen molar-refractivity contribution in [2.45, 2.75) is 33.4 Å². The third-order valence-electron chi connectivity index (χ3n) is 3.75. The van der Waals surface area contributed by atoms with Crippen molar-refractivity contribution >= 4 is 12.0 Å². The highest BCUT2D eigenvalue weighted by Crippen LogP contribution is 2.21. The second-order valence-electron chi connectivity index (χ2n) is 5.64. The molecule has 0 aromatic carbocycles. The Morgan fingerprint density at radius 3 is 2.86 bits per heavy atom. The van der Waals surface area contributed by atoms with Crippen molar-refractivity contribution in [2.24, 2.45) is 11.8 Å². The summed E-state index contributed by atoms with van der Waals surface area (Å²) in [7, 11) is 0. The van der Waals surface area contributed by atoms with Crippen molar-refractivity contribution in [3.8, 4) is 0 Å². The number of nitrogens with one attached hydrogen (secondary N) is 1. The fourth-order valence-electron chi connectivity index (χ4n) is 2.66. The molecule has 1 aliphatic heterocycles. The molecule has 0 saturated carbocycles. The van der Waals surface area contributed by atoms with E-state index in [0.29, 0.717) is 19.5 Å². The lowest BCUT2D eigenvalue weighted by Crippen LogP contribution is -2.49. The van der Waals surface area contributed by atoms with Crippen LogP contribution in [0.1, 0.15) is 25.8 Å². The summed E-state index contributed by atoms with van der Waals surface area (Å²) < 4.78 is 1.80. The number of carboxylic acids is 1. The third-order valence-corrected chi connectivity index (χ3v) is 3.75. The van der Waals surface area contributed by atoms with E-state index in [9.17, 15) is 9.59 Å². The number of urea groups is 1. The van der Waals surface area contributed by atoms with Crippen LogP contribution < -0.4 is 5.32 Å². The number of rotatable bonds is 4. The molecule has 2 unspecified atom stereocenters. The Hall–Kier alpha value is -2.05. The molecule has 1 fully saturated rings. The van der Waals surface area contributed by atoms with Gasteiger partial charge in [-0.25, -0.2) is 4.79 Å². The van der Waals surface area contributed by atoms with Crippen molar-refractivity contribution in [1.82, 2.24) is 20.0 Å². The number of carbonyl (C=O) groups is 2. The van der Waals surface area contributed by atoms with E-state index in [0.717, 1.165) is 12.1 Å². The zero-order valence-corrected chi connectivity index (χ0v) is 12.5. The highest BCUT2D eigenvalue weighted by Gasteiger charge is 2.31. The first kappa shape index (κ1) is 15.3. The minimum atomic E-state index is -0.830. The van der Waals surface area contributed by atoms with Gasteiger partial charge in [-0.15, -0.1) is 0 Å². The molecule has 1 aliphatic rings. The van der Waals surface area contributed by atoms with Crippen LogP contribution in [0.3, 0.4) is 0 Å². The van der Waals surface area contributed by atoms with Gasteiger partial charge in [-0.2, -0.15) is 5.10 Å². The van der Waals surface area contributed by atoms with Gasteiger partial charge in [-0.3, -0.25) is 9.48 Å². The maximum Gasteiger partial charge on any atom is 0.317 e. The molecule has 7 nitrogen and oxygen atoms in total. The summed E-state index contributed by atoms with van der Waals surface area (Å²) in [5.41, 5.74) is 0.935. The molecule has 0 spiro atoms. The summed E-state index contributed by atoms with van der Waals surface area (Å²) in [6, 6.07) is -0.211. The van der Waals surface area contributed by atoms with Crippen LogP contribution in [0.2, 0.25) is 0 Å². The lowest BCUT2D eigenvalue weighted by atomic mass is 9.91. The van der Waals surface area contributed by atoms with Crippen LogP contribution in [-0.4, -0.2) is 44.9 Å². The number of aromatic nitrogens is 2. The van der Waals surface area contributed by atoms with Gasteiger partial charge in [0.1, 0.15) is 0 Å². The van der Waals surface area contributed by atoms with Gasteiger partial charge < -0.3 is 15.3 Å². The van der Waals surface area contributed by atoms with E-state index in [-0.39, 0.29) is 18.5 Å². The van der Waals surface area contributed by atoms with E-state index in [4.69, 9.17) is 5.11 Å². The standard InChI is InChI=1S/C14H22N4O3/c1-3-18-8-11(6-16-18)5-15-14(21)17-7-10(2)4-12(9-17)13(19)20/h6,8,10,12H,3-5,7,9H2,1-2H3,(H,15,21)(H,19,20). The highest BCUT2D eigenvalue weighted by atomic mass is 16.4. The van der Waals surface area contributed by atoms with E-state index in [2.05, 4.69) is 10.4 Å². The summed E-state index contributed by atoms with van der Waals surface area (Å²) in [4.78, 5) is 24.9. The molecule has 2 amide bonds. The molecule has 2 atom stereocenters. The van der Waals surface area contributed by atoms with Crippen LogP contribution in [0, 0.1) is 11.8 Å². The number of aliphatic carboxylic acids is 1. The number of amides is 2. The first-order valence-electron chi connectivity index (χ1n) is 7.26. The number of hydrogen-bond donors (Lipinski definition) is 2. The Morgan fingerprint density at radius 2 is 2.24 bits per heavy atom. The number of hydrogen-bond acceptors (Lipinski definition) is 3. The Balaban J connectivity index is 1.88. The predicted molar refractivity (Wildman–Crippen MR) is 76.6 cm³/mol. The van der Waals surface area contributed by atoms with Gasteiger partial charge in [0, 0.05) is 37.9 Å². The van der Waals surface area contributed by atoms with Crippen molar-refractivity contribution < 1.29 is 14.7 Å². The molecule has 7 heteroatoms. The number of carboxylic acid groups (broad SMARTS) is 1. The fourth-order valence-corrected chi connectivity index (χ4v) is 2.66. The molecule has 2 rings (SSSR count). The molecule has 2 heterocycles. The molecule has 2 N–H and O–H groups in total. The summed E-state index contributed by atoms with van der Waals surface area (Å²) in [6.45, 7) is 6.04. The zero-order chi connectivity index (χ0) is 15.4. The van der Waals surface area contributed by atoms with E-state index in [1.807, 2.05) is 20.0 Å². The van der Waals surface area contributed by atoms with Crippen LogP contribution >= 0.6 is 0 Å². The molecule has 1 aromatic rings. The SMILES string of the molecule is CCn1cc(CNC(=O)N2CC(C)CC(C(=O)O)C2)cn1. The summed E-state index contributed by atoms with van der Waals surface area (Å²) in [6.07, 6.45) is 4.24. The Bertz CT molecular complexity index is 514. The van der Waals surface area contributed by atoms with Crippen LogP contribution in [0.15, 0.2) is 12.4 Å². The van der Waals surface area contributed by atoms with Gasteiger partial charge in [0.25, 0.3) is 0 Å². The Labute approximate surface area is 123 Å². The average Bonchev–Trinajstić information content (AvgIpc) is 2.92. The Kier molecular flexibility index (Phi) is 4.82. The van der Waals surface area contributed by atoms with E-state index < -0.39 is 11.9 Å². The monoisotopic (exact) mass is 294 g/mol. The molecule has 0 radical (unpaired) electrons. The van der Waals surface area contributed by atoms with Gasteiger partial charge in [-0.1, -0.05) is 6.92 Å². The first-order valence-corrected chi connectivity index (χ1v) is 7.26. The average molecular weight is 294 g/mol. The topological polar surface area (TPSA) is 87.5 Å². The van der Waals surface area contributed by atoms with Crippen molar-refractivity contribution in [1.29, 1.82) is 0 Å². The number of nitrogens with zero attached hydrogens (tertiary/aromatic N) is 3. The Morgan fingerprint density at radius 1 is 1.48 bits per heavy atom. The van der Waals surface area contributed by atoms with E-state index in [1.165, 1.54) is 0 Å². The normalized spacial score (nSPS) is 22.1. The summed E-state index contributed by atoms with van der Waals surface area (Å²) >= 11 is 0. The smallest absolute Gasteiger partial charge is 0.317 e. The highest BCUT2D eigenvalue weighted by molar-refractivity contribution is 5.76. The zero-order valence-electron chi connectivity index (χ0n) is 12.5. The second kappa shape index (κ2) is 6.60. The number of likely N-dealkylation sites (tertiary alicyclic amines) is 1. The van der Waals surface area contributed by atoms with Crippen LogP contribution in [0.5, 0.6) is 0 Å². The second-order valence-corrected chi connectivity index (χ2v) is 5.64. The molecule has 1 saturated heterocycles. The van der Waals surface area contributed by atoms with Gasteiger partial charge in [0.15, 0.2) is 0 Å². The van der Waals surface area contributed by atoms with Gasteiger partial charge in [0.05, 0.1) is 12.1 Å². The quantitative estimate of drug-likeness (QED) is 0.872. The minimum absolute atomic E-state index is 0.202. The maximum absolute atomic E-state index is 12.2. The van der Waals surface area contributed by atoms with Crippen LogP contribution in [0.25, 0.3) is 0 Å².